The second kappa shape index (κ2) is 6.37. The first-order chi connectivity index (χ1) is 8.72. The third kappa shape index (κ3) is 3.14. The molecule has 1 heterocycles. The zero-order valence-corrected chi connectivity index (χ0v) is 12.4. The number of halogens is 1. The Morgan fingerprint density at radius 3 is 2.72 bits per heavy atom. The monoisotopic (exact) mass is 279 g/mol. The topological polar surface area (TPSA) is 12.0 Å². The lowest BCUT2D eigenvalue weighted by Crippen LogP contribution is -2.14. The number of thiophene rings is 1. The lowest BCUT2D eigenvalue weighted by molar-refractivity contribution is 0.676. The van der Waals surface area contributed by atoms with Crippen molar-refractivity contribution in [2.75, 3.05) is 6.54 Å². The first-order valence-electron chi connectivity index (χ1n) is 6.26. The van der Waals surface area contributed by atoms with E-state index >= 15 is 0 Å². The minimum absolute atomic E-state index is 0.805. The molecule has 96 valence electrons. The van der Waals surface area contributed by atoms with Crippen LogP contribution in [0, 0.1) is 6.92 Å². The van der Waals surface area contributed by atoms with Crippen LogP contribution in [0.2, 0.25) is 5.02 Å². The van der Waals surface area contributed by atoms with Gasteiger partial charge in [0.2, 0.25) is 0 Å². The fourth-order valence-corrected chi connectivity index (χ4v) is 2.94. The van der Waals surface area contributed by atoms with Gasteiger partial charge in [-0.1, -0.05) is 24.6 Å². The van der Waals surface area contributed by atoms with E-state index in [4.69, 9.17) is 11.6 Å². The number of hydrogen-bond acceptors (Lipinski definition) is 2. The van der Waals surface area contributed by atoms with Gasteiger partial charge in [0.15, 0.2) is 0 Å². The Morgan fingerprint density at radius 1 is 1.22 bits per heavy atom. The van der Waals surface area contributed by atoms with E-state index in [0.717, 1.165) is 24.5 Å². The molecule has 2 rings (SSSR count). The minimum atomic E-state index is 0.805. The number of aryl methyl sites for hydroxylation is 1. The smallest absolute Gasteiger partial charge is 0.0409 e. The van der Waals surface area contributed by atoms with Crippen molar-refractivity contribution in [2.24, 2.45) is 0 Å². The Kier molecular flexibility index (Phi) is 4.81. The summed E-state index contributed by atoms with van der Waals surface area (Å²) in [6.45, 7) is 6.25. The van der Waals surface area contributed by atoms with E-state index in [1.54, 1.807) is 11.3 Å². The SMILES string of the molecule is CCCNCc1cc(Cl)ccc1-c1ccsc1C. The van der Waals surface area contributed by atoms with Crippen LogP contribution in [0.5, 0.6) is 0 Å². The average Bonchev–Trinajstić information content (AvgIpc) is 2.76. The van der Waals surface area contributed by atoms with E-state index in [1.165, 1.54) is 21.6 Å². The summed E-state index contributed by atoms with van der Waals surface area (Å²) in [5.41, 5.74) is 3.89. The third-order valence-electron chi connectivity index (χ3n) is 2.96. The Morgan fingerprint density at radius 2 is 2.06 bits per heavy atom. The number of hydrogen-bond donors (Lipinski definition) is 1. The Labute approximate surface area is 118 Å². The molecule has 1 nitrogen and oxygen atoms in total. The Bertz CT molecular complexity index is 519. The molecule has 0 bridgehead atoms. The lowest BCUT2D eigenvalue weighted by Gasteiger charge is -2.11. The highest BCUT2D eigenvalue weighted by Gasteiger charge is 2.09. The van der Waals surface area contributed by atoms with Crippen molar-refractivity contribution in [3.63, 3.8) is 0 Å². The summed E-state index contributed by atoms with van der Waals surface area (Å²) in [6, 6.07) is 8.35. The minimum Gasteiger partial charge on any atom is -0.313 e. The number of nitrogens with one attached hydrogen (secondary N) is 1. The summed E-state index contributed by atoms with van der Waals surface area (Å²) >= 11 is 7.89. The summed E-state index contributed by atoms with van der Waals surface area (Å²) in [7, 11) is 0. The van der Waals surface area contributed by atoms with Crippen LogP contribution >= 0.6 is 22.9 Å². The highest BCUT2D eigenvalue weighted by Crippen LogP contribution is 2.31. The molecule has 18 heavy (non-hydrogen) atoms. The summed E-state index contributed by atoms with van der Waals surface area (Å²) in [6.07, 6.45) is 1.15. The lowest BCUT2D eigenvalue weighted by atomic mass is 10.0. The van der Waals surface area contributed by atoms with Crippen molar-refractivity contribution in [3.05, 3.63) is 45.1 Å². The predicted octanol–water partition coefficient (Wildman–Crippen LogP) is 4.88. The molecule has 1 N–H and O–H groups in total. The summed E-state index contributed by atoms with van der Waals surface area (Å²) < 4.78 is 0. The molecule has 0 saturated heterocycles. The first kappa shape index (κ1) is 13.6. The maximum atomic E-state index is 6.11. The molecule has 0 atom stereocenters. The largest absolute Gasteiger partial charge is 0.313 e. The van der Waals surface area contributed by atoms with Gasteiger partial charge in [0.05, 0.1) is 0 Å². The zero-order chi connectivity index (χ0) is 13.0. The van der Waals surface area contributed by atoms with E-state index in [0.29, 0.717) is 0 Å². The molecule has 0 aliphatic heterocycles. The van der Waals surface area contributed by atoms with Crippen LogP contribution in [0.1, 0.15) is 23.8 Å². The quantitative estimate of drug-likeness (QED) is 0.770. The molecule has 0 spiro atoms. The molecule has 1 aromatic carbocycles. The van der Waals surface area contributed by atoms with Gasteiger partial charge in [-0.15, -0.1) is 11.3 Å². The van der Waals surface area contributed by atoms with Crippen molar-refractivity contribution in [1.29, 1.82) is 0 Å². The van der Waals surface area contributed by atoms with Crippen molar-refractivity contribution < 1.29 is 0 Å². The van der Waals surface area contributed by atoms with Crippen LogP contribution in [-0.4, -0.2) is 6.54 Å². The van der Waals surface area contributed by atoms with Gasteiger partial charge in [-0.25, -0.2) is 0 Å². The fourth-order valence-electron chi connectivity index (χ4n) is 2.04. The number of rotatable bonds is 5. The van der Waals surface area contributed by atoms with Crippen LogP contribution in [0.3, 0.4) is 0 Å². The molecule has 0 aliphatic rings. The van der Waals surface area contributed by atoms with Crippen molar-refractivity contribution in [2.45, 2.75) is 26.8 Å². The molecule has 3 heteroatoms. The number of benzene rings is 1. The van der Waals surface area contributed by atoms with Crippen LogP contribution in [0.25, 0.3) is 11.1 Å². The van der Waals surface area contributed by atoms with E-state index in [1.807, 2.05) is 6.07 Å². The molecule has 0 aliphatic carbocycles. The van der Waals surface area contributed by atoms with Gasteiger partial charge in [0.25, 0.3) is 0 Å². The molecule has 0 saturated carbocycles. The van der Waals surface area contributed by atoms with Gasteiger partial charge in [0, 0.05) is 16.4 Å². The molecule has 0 amide bonds. The maximum absolute atomic E-state index is 6.11. The van der Waals surface area contributed by atoms with Crippen molar-refractivity contribution >= 4 is 22.9 Å². The van der Waals surface area contributed by atoms with E-state index in [-0.39, 0.29) is 0 Å². The molecule has 2 aromatic rings. The molecule has 0 fully saturated rings. The van der Waals surface area contributed by atoms with Gasteiger partial charge in [-0.3, -0.25) is 0 Å². The van der Waals surface area contributed by atoms with Gasteiger partial charge < -0.3 is 5.32 Å². The highest BCUT2D eigenvalue weighted by atomic mass is 35.5. The van der Waals surface area contributed by atoms with Gasteiger partial charge in [-0.2, -0.15) is 0 Å². The molecule has 1 aromatic heterocycles. The van der Waals surface area contributed by atoms with Gasteiger partial charge >= 0.3 is 0 Å². The summed E-state index contributed by atoms with van der Waals surface area (Å²) in [5.74, 6) is 0. The van der Waals surface area contributed by atoms with Crippen LogP contribution < -0.4 is 5.32 Å². The van der Waals surface area contributed by atoms with Gasteiger partial charge in [-0.05, 0) is 60.2 Å². The predicted molar refractivity (Wildman–Crippen MR) is 81.5 cm³/mol. The second-order valence-electron chi connectivity index (χ2n) is 4.37. The highest BCUT2D eigenvalue weighted by molar-refractivity contribution is 7.10. The van der Waals surface area contributed by atoms with E-state index in [9.17, 15) is 0 Å². The zero-order valence-electron chi connectivity index (χ0n) is 10.8. The normalized spacial score (nSPS) is 10.8. The fraction of sp³-hybridized carbons (Fsp3) is 0.333. The van der Waals surface area contributed by atoms with Crippen molar-refractivity contribution in [1.82, 2.24) is 5.32 Å². The Hall–Kier alpha value is -0.830. The van der Waals surface area contributed by atoms with Crippen LogP contribution in [0.15, 0.2) is 29.6 Å². The van der Waals surface area contributed by atoms with Crippen LogP contribution in [0.4, 0.5) is 0 Å². The molecule has 0 radical (unpaired) electrons. The molecular formula is C15H18ClNS. The maximum Gasteiger partial charge on any atom is 0.0409 e. The third-order valence-corrected chi connectivity index (χ3v) is 4.04. The first-order valence-corrected chi connectivity index (χ1v) is 7.51. The second-order valence-corrected chi connectivity index (χ2v) is 5.93. The van der Waals surface area contributed by atoms with Crippen molar-refractivity contribution in [3.8, 4) is 11.1 Å². The molecular weight excluding hydrogens is 262 g/mol. The molecule has 0 unspecified atom stereocenters. The van der Waals surface area contributed by atoms with E-state index in [2.05, 4.69) is 42.7 Å². The summed E-state index contributed by atoms with van der Waals surface area (Å²) in [5, 5.41) is 6.39. The van der Waals surface area contributed by atoms with Crippen LogP contribution in [-0.2, 0) is 6.54 Å². The van der Waals surface area contributed by atoms with E-state index < -0.39 is 0 Å². The van der Waals surface area contributed by atoms with Gasteiger partial charge in [0.1, 0.15) is 0 Å². The average molecular weight is 280 g/mol. The standard InChI is InChI=1S/C15H18ClNS/c1-3-7-17-10-12-9-13(16)4-5-15(12)14-6-8-18-11(14)2/h4-6,8-9,17H,3,7,10H2,1-2H3. The Balaban J connectivity index is 2.32. The summed E-state index contributed by atoms with van der Waals surface area (Å²) in [4.78, 5) is 1.36.